The SMILES string of the molecule is Cc1cc(NC(=O)c2c(C)c(C(=O)C(=O)NC3CCC(N)CC3)n(C)c2C)ccc1F. The molecule has 1 saturated carbocycles. The molecule has 4 N–H and O–H groups in total. The van der Waals surface area contributed by atoms with Crippen molar-refractivity contribution in [1.82, 2.24) is 9.88 Å². The van der Waals surface area contributed by atoms with Gasteiger partial charge >= 0.3 is 0 Å². The molecule has 0 aliphatic heterocycles. The number of nitrogens with zero attached hydrogens (tertiary/aromatic N) is 1. The maximum absolute atomic E-state index is 13.5. The average Bonchev–Trinajstić information content (AvgIpc) is 2.94. The second-order valence-corrected chi connectivity index (χ2v) is 8.33. The number of Topliss-reactive ketones (excluding diaryl/α,β-unsaturated/α-hetero) is 1. The Morgan fingerprint density at radius 1 is 1.10 bits per heavy atom. The summed E-state index contributed by atoms with van der Waals surface area (Å²) in [7, 11) is 1.65. The van der Waals surface area contributed by atoms with Crippen LogP contribution in [0.5, 0.6) is 0 Å². The minimum absolute atomic E-state index is 0.0672. The van der Waals surface area contributed by atoms with Crippen LogP contribution < -0.4 is 16.4 Å². The zero-order valence-electron chi connectivity index (χ0n) is 18.3. The molecule has 1 fully saturated rings. The highest BCUT2D eigenvalue weighted by atomic mass is 19.1. The van der Waals surface area contributed by atoms with Crippen LogP contribution >= 0.6 is 0 Å². The van der Waals surface area contributed by atoms with Gasteiger partial charge in [-0.2, -0.15) is 0 Å². The van der Waals surface area contributed by atoms with E-state index in [4.69, 9.17) is 5.73 Å². The second kappa shape index (κ2) is 9.01. The van der Waals surface area contributed by atoms with E-state index in [0.29, 0.717) is 28.1 Å². The Morgan fingerprint density at radius 3 is 2.35 bits per heavy atom. The predicted octanol–water partition coefficient (Wildman–Crippen LogP) is 2.91. The van der Waals surface area contributed by atoms with Crippen LogP contribution in [0.25, 0.3) is 0 Å². The Labute approximate surface area is 181 Å². The lowest BCUT2D eigenvalue weighted by molar-refractivity contribution is -0.117. The number of anilines is 1. The average molecular weight is 429 g/mol. The van der Waals surface area contributed by atoms with Crippen LogP contribution in [0.2, 0.25) is 0 Å². The maximum Gasteiger partial charge on any atom is 0.294 e. The molecular formula is C23H29FN4O3. The number of nitrogens with one attached hydrogen (secondary N) is 2. The molecule has 1 aliphatic rings. The number of rotatable bonds is 5. The van der Waals surface area contributed by atoms with Gasteiger partial charge in [-0.3, -0.25) is 14.4 Å². The molecule has 166 valence electrons. The summed E-state index contributed by atoms with van der Waals surface area (Å²) in [6, 6.07) is 4.38. The topological polar surface area (TPSA) is 106 Å². The van der Waals surface area contributed by atoms with Gasteiger partial charge < -0.3 is 20.9 Å². The summed E-state index contributed by atoms with van der Waals surface area (Å²) in [4.78, 5) is 38.4. The minimum atomic E-state index is -0.676. The lowest BCUT2D eigenvalue weighted by Crippen LogP contribution is -2.43. The molecule has 0 bridgehead atoms. The van der Waals surface area contributed by atoms with Crippen LogP contribution in [0.3, 0.4) is 0 Å². The standard InChI is InChI=1S/C23H29FN4O3/c1-12-11-17(9-10-18(12)24)27-22(30)19-13(2)20(28(4)14(19)3)21(29)23(31)26-16-7-5-15(25)6-8-16/h9-11,15-16H,5-8,25H2,1-4H3,(H,26,31)(H,27,30). The van der Waals surface area contributed by atoms with Crippen molar-refractivity contribution in [3.05, 3.63) is 52.1 Å². The van der Waals surface area contributed by atoms with E-state index < -0.39 is 17.6 Å². The quantitative estimate of drug-likeness (QED) is 0.503. The van der Waals surface area contributed by atoms with Crippen LogP contribution in [0.4, 0.5) is 10.1 Å². The molecule has 8 heteroatoms. The molecule has 7 nitrogen and oxygen atoms in total. The molecule has 0 saturated heterocycles. The number of ketones is 1. The summed E-state index contributed by atoms with van der Waals surface area (Å²) in [6.45, 7) is 4.98. The number of hydrogen-bond donors (Lipinski definition) is 3. The number of nitrogens with two attached hydrogens (primary N) is 1. The molecule has 0 spiro atoms. The van der Waals surface area contributed by atoms with Gasteiger partial charge in [0.05, 0.1) is 11.3 Å². The summed E-state index contributed by atoms with van der Waals surface area (Å²) in [5.74, 6) is -2.12. The Kier molecular flexibility index (Phi) is 6.59. The van der Waals surface area contributed by atoms with Crippen molar-refractivity contribution < 1.29 is 18.8 Å². The first-order valence-corrected chi connectivity index (χ1v) is 10.4. The van der Waals surface area contributed by atoms with Gasteiger partial charge in [-0.15, -0.1) is 0 Å². The van der Waals surface area contributed by atoms with Gasteiger partial charge in [-0.1, -0.05) is 0 Å². The molecule has 31 heavy (non-hydrogen) atoms. The molecule has 2 aromatic rings. The van der Waals surface area contributed by atoms with Crippen molar-refractivity contribution in [3.63, 3.8) is 0 Å². The van der Waals surface area contributed by atoms with Crippen molar-refractivity contribution in [2.75, 3.05) is 5.32 Å². The van der Waals surface area contributed by atoms with Crippen molar-refractivity contribution in [1.29, 1.82) is 0 Å². The van der Waals surface area contributed by atoms with E-state index in [-0.39, 0.29) is 23.6 Å². The molecule has 0 atom stereocenters. The van der Waals surface area contributed by atoms with Gasteiger partial charge in [-0.25, -0.2) is 4.39 Å². The van der Waals surface area contributed by atoms with E-state index in [9.17, 15) is 18.8 Å². The molecule has 1 heterocycles. The van der Waals surface area contributed by atoms with Gasteiger partial charge in [0.1, 0.15) is 5.82 Å². The first kappa shape index (κ1) is 22.7. The molecule has 2 amide bonds. The smallest absolute Gasteiger partial charge is 0.294 e. The van der Waals surface area contributed by atoms with E-state index in [2.05, 4.69) is 10.6 Å². The van der Waals surface area contributed by atoms with E-state index >= 15 is 0 Å². The third kappa shape index (κ3) is 4.69. The summed E-state index contributed by atoms with van der Waals surface area (Å²) < 4.78 is 15.1. The largest absolute Gasteiger partial charge is 0.346 e. The first-order valence-electron chi connectivity index (χ1n) is 10.4. The van der Waals surface area contributed by atoms with Crippen molar-refractivity contribution in [2.45, 2.75) is 58.5 Å². The number of amides is 2. The van der Waals surface area contributed by atoms with Crippen LogP contribution in [-0.4, -0.2) is 34.2 Å². The van der Waals surface area contributed by atoms with Crippen molar-refractivity contribution in [2.24, 2.45) is 12.8 Å². The Morgan fingerprint density at radius 2 is 1.74 bits per heavy atom. The maximum atomic E-state index is 13.5. The fourth-order valence-electron chi connectivity index (χ4n) is 4.17. The van der Waals surface area contributed by atoms with E-state index in [0.717, 1.165) is 25.7 Å². The fraction of sp³-hybridized carbons (Fsp3) is 0.435. The molecule has 1 aliphatic carbocycles. The Hall–Kier alpha value is -3.00. The van der Waals surface area contributed by atoms with Crippen LogP contribution in [-0.2, 0) is 11.8 Å². The lowest BCUT2D eigenvalue weighted by Gasteiger charge is -2.26. The van der Waals surface area contributed by atoms with Gasteiger partial charge in [-0.05, 0) is 75.8 Å². The van der Waals surface area contributed by atoms with E-state index in [1.807, 2.05) is 0 Å². The highest BCUT2D eigenvalue weighted by molar-refractivity contribution is 6.43. The molecule has 1 aromatic heterocycles. The van der Waals surface area contributed by atoms with Gasteiger partial charge in [0.15, 0.2) is 0 Å². The number of carbonyl (C=O) groups excluding carboxylic acids is 3. The lowest BCUT2D eigenvalue weighted by atomic mass is 9.91. The van der Waals surface area contributed by atoms with Crippen molar-refractivity contribution >= 4 is 23.3 Å². The molecular weight excluding hydrogens is 399 g/mol. The summed E-state index contributed by atoms with van der Waals surface area (Å²) in [5.41, 5.74) is 8.26. The van der Waals surface area contributed by atoms with Gasteiger partial charge in [0.2, 0.25) is 0 Å². The van der Waals surface area contributed by atoms with Crippen LogP contribution in [0.15, 0.2) is 18.2 Å². The molecule has 0 unspecified atom stereocenters. The van der Waals surface area contributed by atoms with Crippen LogP contribution in [0.1, 0.15) is 63.4 Å². The third-order valence-electron chi connectivity index (χ3n) is 6.10. The van der Waals surface area contributed by atoms with Gasteiger partial charge in [0.25, 0.3) is 17.6 Å². The normalized spacial score (nSPS) is 18.5. The first-order chi connectivity index (χ1) is 14.6. The fourth-order valence-corrected chi connectivity index (χ4v) is 4.17. The monoisotopic (exact) mass is 428 g/mol. The zero-order valence-corrected chi connectivity index (χ0v) is 18.3. The number of hydrogen-bond acceptors (Lipinski definition) is 4. The highest BCUT2D eigenvalue weighted by Gasteiger charge is 2.30. The summed E-state index contributed by atoms with van der Waals surface area (Å²) in [6.07, 6.45) is 3.12. The third-order valence-corrected chi connectivity index (χ3v) is 6.10. The summed E-state index contributed by atoms with van der Waals surface area (Å²) in [5, 5.41) is 5.55. The molecule has 0 radical (unpaired) electrons. The Balaban J connectivity index is 1.80. The number of halogens is 1. The number of aryl methyl sites for hydroxylation is 1. The number of aromatic nitrogens is 1. The van der Waals surface area contributed by atoms with Crippen LogP contribution in [0, 0.1) is 26.6 Å². The van der Waals surface area contributed by atoms with Crippen molar-refractivity contribution in [3.8, 4) is 0 Å². The van der Waals surface area contributed by atoms with E-state index in [1.165, 1.54) is 18.2 Å². The predicted molar refractivity (Wildman–Crippen MR) is 117 cm³/mol. The minimum Gasteiger partial charge on any atom is -0.346 e. The molecule has 3 rings (SSSR count). The Bertz CT molecular complexity index is 1040. The summed E-state index contributed by atoms with van der Waals surface area (Å²) >= 11 is 0. The van der Waals surface area contributed by atoms with E-state index in [1.54, 1.807) is 32.4 Å². The second-order valence-electron chi connectivity index (χ2n) is 8.33. The number of benzene rings is 1. The van der Waals surface area contributed by atoms with Gasteiger partial charge in [0, 0.05) is 30.5 Å². The zero-order chi connectivity index (χ0) is 22.9. The number of carbonyl (C=O) groups is 3. The molecule has 1 aromatic carbocycles. The highest BCUT2D eigenvalue weighted by Crippen LogP contribution is 2.24.